The fourth-order valence-corrected chi connectivity index (χ4v) is 1.51. The molecule has 0 saturated carbocycles. The van der Waals surface area contributed by atoms with E-state index in [9.17, 15) is 4.79 Å². The molecule has 15 heavy (non-hydrogen) atoms. The molecule has 0 fully saturated rings. The molecule has 4 heteroatoms. The Labute approximate surface area is 97.5 Å². The largest absolute Gasteiger partial charge is 0.479 e. The van der Waals surface area contributed by atoms with E-state index in [0.29, 0.717) is 12.2 Å². The third-order valence-corrected chi connectivity index (χ3v) is 2.40. The van der Waals surface area contributed by atoms with Crippen LogP contribution >= 0.6 is 15.9 Å². The Morgan fingerprint density at radius 2 is 2.27 bits per heavy atom. The first kappa shape index (κ1) is 12.0. The summed E-state index contributed by atoms with van der Waals surface area (Å²) in [6.07, 6.45) is 0.0448. The van der Waals surface area contributed by atoms with Gasteiger partial charge in [0.05, 0.1) is 7.11 Å². The molecule has 0 radical (unpaired) electrons. The summed E-state index contributed by atoms with van der Waals surface area (Å²) in [7, 11) is 1.36. The van der Waals surface area contributed by atoms with Crippen LogP contribution in [0.2, 0.25) is 0 Å². The van der Waals surface area contributed by atoms with Crippen molar-refractivity contribution in [3.05, 3.63) is 28.7 Å². The maximum atomic E-state index is 11.3. The van der Waals surface area contributed by atoms with Gasteiger partial charge < -0.3 is 9.47 Å². The zero-order chi connectivity index (χ0) is 11.3. The van der Waals surface area contributed by atoms with Crippen molar-refractivity contribution in [2.24, 2.45) is 0 Å². The molecule has 0 aliphatic rings. The maximum Gasteiger partial charge on any atom is 0.347 e. The molecule has 0 aliphatic heterocycles. The first-order valence-electron chi connectivity index (χ1n) is 4.67. The smallest absolute Gasteiger partial charge is 0.347 e. The minimum Gasteiger partial charge on any atom is -0.479 e. The van der Waals surface area contributed by atoms with Gasteiger partial charge >= 0.3 is 5.97 Å². The summed E-state index contributed by atoms with van der Waals surface area (Å²) >= 11 is 3.33. The fourth-order valence-electron chi connectivity index (χ4n) is 1.13. The van der Waals surface area contributed by atoms with Gasteiger partial charge in [-0.1, -0.05) is 28.9 Å². The van der Waals surface area contributed by atoms with Crippen LogP contribution in [0.25, 0.3) is 0 Å². The topological polar surface area (TPSA) is 35.5 Å². The summed E-state index contributed by atoms with van der Waals surface area (Å²) in [5, 5.41) is 0. The summed E-state index contributed by atoms with van der Waals surface area (Å²) < 4.78 is 11.0. The number of carbonyl (C=O) groups excluding carboxylic acids is 1. The van der Waals surface area contributed by atoms with Crippen molar-refractivity contribution in [1.29, 1.82) is 0 Å². The first-order valence-corrected chi connectivity index (χ1v) is 5.46. The average Bonchev–Trinajstić information content (AvgIpc) is 2.25. The van der Waals surface area contributed by atoms with Crippen LogP contribution in [-0.4, -0.2) is 19.2 Å². The zero-order valence-corrected chi connectivity index (χ0v) is 10.3. The number of halogens is 1. The molecule has 0 amide bonds. The number of carbonyl (C=O) groups is 1. The van der Waals surface area contributed by atoms with Crippen molar-refractivity contribution in [2.75, 3.05) is 7.11 Å². The van der Waals surface area contributed by atoms with Gasteiger partial charge in [-0.15, -0.1) is 0 Å². The second-order valence-corrected chi connectivity index (χ2v) is 3.91. The van der Waals surface area contributed by atoms with Crippen LogP contribution in [0.3, 0.4) is 0 Å². The molecular formula is C11H13BrO3. The lowest BCUT2D eigenvalue weighted by Gasteiger charge is -2.15. The maximum absolute atomic E-state index is 11.3. The van der Waals surface area contributed by atoms with Crippen molar-refractivity contribution < 1.29 is 14.3 Å². The average molecular weight is 273 g/mol. The van der Waals surface area contributed by atoms with E-state index in [0.717, 1.165) is 4.47 Å². The fraction of sp³-hybridized carbons (Fsp3) is 0.364. The number of hydrogen-bond acceptors (Lipinski definition) is 3. The van der Waals surface area contributed by atoms with E-state index >= 15 is 0 Å². The molecule has 0 aromatic heterocycles. The highest BCUT2D eigenvalue weighted by Gasteiger charge is 2.18. The van der Waals surface area contributed by atoms with Gasteiger partial charge in [0.15, 0.2) is 6.10 Å². The van der Waals surface area contributed by atoms with Crippen molar-refractivity contribution in [3.63, 3.8) is 0 Å². The Morgan fingerprint density at radius 1 is 1.53 bits per heavy atom. The van der Waals surface area contributed by atoms with Gasteiger partial charge in [0.2, 0.25) is 0 Å². The highest BCUT2D eigenvalue weighted by atomic mass is 79.9. The lowest BCUT2D eigenvalue weighted by molar-refractivity contribution is -0.148. The molecule has 0 saturated heterocycles. The molecule has 1 aromatic rings. The van der Waals surface area contributed by atoms with Gasteiger partial charge in [0.1, 0.15) is 5.75 Å². The molecule has 1 atom stereocenters. The highest BCUT2D eigenvalue weighted by molar-refractivity contribution is 9.10. The van der Waals surface area contributed by atoms with Gasteiger partial charge in [-0.25, -0.2) is 4.79 Å². The highest BCUT2D eigenvalue weighted by Crippen LogP contribution is 2.19. The van der Waals surface area contributed by atoms with Gasteiger partial charge in [0, 0.05) is 4.47 Å². The number of methoxy groups -OCH3 is 1. The molecule has 0 aliphatic carbocycles. The van der Waals surface area contributed by atoms with Gasteiger partial charge in [0.25, 0.3) is 0 Å². The predicted octanol–water partition coefficient (Wildman–Crippen LogP) is 2.78. The lowest BCUT2D eigenvalue weighted by Crippen LogP contribution is -2.27. The molecule has 82 valence electrons. The predicted molar refractivity (Wildman–Crippen MR) is 60.9 cm³/mol. The second kappa shape index (κ2) is 5.75. The number of benzene rings is 1. The van der Waals surface area contributed by atoms with Crippen LogP contribution in [0.4, 0.5) is 0 Å². The SMILES string of the molecule is CCC(Oc1cccc(Br)c1)C(=O)OC. The number of ether oxygens (including phenoxy) is 2. The minimum atomic E-state index is -0.538. The van der Waals surface area contributed by atoms with Crippen LogP contribution in [0.5, 0.6) is 5.75 Å². The number of rotatable bonds is 4. The Morgan fingerprint density at radius 3 is 2.80 bits per heavy atom. The van der Waals surface area contributed by atoms with E-state index in [4.69, 9.17) is 4.74 Å². The zero-order valence-electron chi connectivity index (χ0n) is 8.70. The van der Waals surface area contributed by atoms with Gasteiger partial charge in [-0.3, -0.25) is 0 Å². The summed E-state index contributed by atoms with van der Waals surface area (Å²) in [6, 6.07) is 7.36. The molecule has 1 aromatic carbocycles. The van der Waals surface area contributed by atoms with Crippen LogP contribution < -0.4 is 4.74 Å². The Hall–Kier alpha value is -1.03. The van der Waals surface area contributed by atoms with E-state index in [1.807, 2.05) is 25.1 Å². The molecule has 0 bridgehead atoms. The van der Waals surface area contributed by atoms with Crippen molar-refractivity contribution in [3.8, 4) is 5.75 Å². The van der Waals surface area contributed by atoms with Gasteiger partial charge in [-0.2, -0.15) is 0 Å². The van der Waals surface area contributed by atoms with Crippen LogP contribution in [0, 0.1) is 0 Å². The second-order valence-electron chi connectivity index (χ2n) is 3.00. The Kier molecular flexibility index (Phi) is 4.62. The van der Waals surface area contributed by atoms with Crippen molar-refractivity contribution in [1.82, 2.24) is 0 Å². The van der Waals surface area contributed by atoms with E-state index in [1.54, 1.807) is 6.07 Å². The van der Waals surface area contributed by atoms with E-state index < -0.39 is 6.10 Å². The van der Waals surface area contributed by atoms with Crippen LogP contribution in [0.15, 0.2) is 28.7 Å². The third kappa shape index (κ3) is 3.55. The molecule has 1 unspecified atom stereocenters. The number of hydrogen-bond donors (Lipinski definition) is 0. The summed E-state index contributed by atoms with van der Waals surface area (Å²) in [4.78, 5) is 11.3. The molecule has 0 heterocycles. The lowest BCUT2D eigenvalue weighted by atomic mass is 10.2. The first-order chi connectivity index (χ1) is 7.17. The van der Waals surface area contributed by atoms with E-state index in [1.165, 1.54) is 7.11 Å². The van der Waals surface area contributed by atoms with Crippen LogP contribution in [-0.2, 0) is 9.53 Å². The quantitative estimate of drug-likeness (QED) is 0.791. The minimum absolute atomic E-state index is 0.350. The Bertz CT molecular complexity index is 338. The van der Waals surface area contributed by atoms with Crippen molar-refractivity contribution >= 4 is 21.9 Å². The summed E-state index contributed by atoms with van der Waals surface area (Å²) in [5.74, 6) is 0.305. The van der Waals surface area contributed by atoms with Crippen molar-refractivity contribution in [2.45, 2.75) is 19.4 Å². The molecular weight excluding hydrogens is 260 g/mol. The molecule has 0 spiro atoms. The molecule has 0 N–H and O–H groups in total. The van der Waals surface area contributed by atoms with E-state index in [-0.39, 0.29) is 5.97 Å². The molecule has 3 nitrogen and oxygen atoms in total. The van der Waals surface area contributed by atoms with Gasteiger partial charge in [-0.05, 0) is 24.6 Å². The number of esters is 1. The summed E-state index contributed by atoms with van der Waals surface area (Å²) in [6.45, 7) is 1.87. The standard InChI is InChI=1S/C11H13BrO3/c1-3-10(11(13)14-2)15-9-6-4-5-8(12)7-9/h4-7,10H,3H2,1-2H3. The normalized spacial score (nSPS) is 11.9. The van der Waals surface area contributed by atoms with E-state index in [2.05, 4.69) is 20.7 Å². The monoisotopic (exact) mass is 272 g/mol. The third-order valence-electron chi connectivity index (χ3n) is 1.91. The molecule has 1 rings (SSSR count). The summed E-state index contributed by atoms with van der Waals surface area (Å²) in [5.41, 5.74) is 0. The van der Waals surface area contributed by atoms with Crippen LogP contribution in [0.1, 0.15) is 13.3 Å². The Balaban J connectivity index is 2.70.